The van der Waals surface area contributed by atoms with E-state index >= 15 is 0 Å². The van der Waals surface area contributed by atoms with Gasteiger partial charge in [-0.05, 0) is 26.0 Å². The van der Waals surface area contributed by atoms with Crippen LogP contribution in [0.3, 0.4) is 0 Å². The van der Waals surface area contributed by atoms with Crippen molar-refractivity contribution in [3.8, 4) is 5.75 Å². The lowest BCUT2D eigenvalue weighted by Crippen LogP contribution is -2.06. The zero-order chi connectivity index (χ0) is 12.4. The highest BCUT2D eigenvalue weighted by Gasteiger charge is 2.07. The molecule has 2 rings (SSSR count). The minimum Gasteiger partial charge on any atom is -0.482 e. The Bertz CT molecular complexity index is 535. The summed E-state index contributed by atoms with van der Waals surface area (Å²) in [5.41, 5.74) is 6.61. The van der Waals surface area contributed by atoms with Crippen molar-refractivity contribution in [1.29, 1.82) is 0 Å². The Morgan fingerprint density at radius 3 is 2.65 bits per heavy atom. The first-order chi connectivity index (χ1) is 8.08. The van der Waals surface area contributed by atoms with Crippen molar-refractivity contribution in [2.45, 2.75) is 20.5 Å². The summed E-state index contributed by atoms with van der Waals surface area (Å²) in [5, 5.41) is 7.96. The maximum atomic E-state index is 5.75. The van der Waals surface area contributed by atoms with Gasteiger partial charge in [-0.1, -0.05) is 0 Å². The second-order valence-corrected chi connectivity index (χ2v) is 3.85. The first-order valence-electron chi connectivity index (χ1n) is 5.28. The van der Waals surface area contributed by atoms with Gasteiger partial charge < -0.3 is 15.0 Å². The van der Waals surface area contributed by atoms with Crippen LogP contribution in [-0.4, -0.2) is 19.7 Å². The van der Waals surface area contributed by atoms with Crippen LogP contribution in [0.2, 0.25) is 0 Å². The molecule has 17 heavy (non-hydrogen) atoms. The van der Waals surface area contributed by atoms with Crippen molar-refractivity contribution in [3.05, 3.63) is 29.5 Å². The summed E-state index contributed by atoms with van der Waals surface area (Å²) < 4.78 is 7.43. The fraction of sp³-hybridized carbons (Fsp3) is 0.364. The van der Waals surface area contributed by atoms with E-state index in [1.165, 1.54) is 0 Å². The van der Waals surface area contributed by atoms with Gasteiger partial charge in [-0.15, -0.1) is 10.2 Å². The van der Waals surface area contributed by atoms with E-state index in [1.54, 1.807) is 6.07 Å². The van der Waals surface area contributed by atoms with Crippen LogP contribution in [0.1, 0.15) is 17.3 Å². The molecule has 0 saturated heterocycles. The van der Waals surface area contributed by atoms with Crippen molar-refractivity contribution >= 4 is 5.82 Å². The Hall–Kier alpha value is -2.11. The molecule has 0 aliphatic carbocycles. The predicted molar refractivity (Wildman–Crippen MR) is 63.5 cm³/mol. The summed E-state index contributed by atoms with van der Waals surface area (Å²) in [6.45, 7) is 4.09. The van der Waals surface area contributed by atoms with Gasteiger partial charge in [0.1, 0.15) is 12.4 Å². The molecule has 0 bridgehead atoms. The molecule has 2 aromatic heterocycles. The number of ether oxygens (including phenoxy) is 1. The van der Waals surface area contributed by atoms with E-state index in [9.17, 15) is 0 Å². The van der Waals surface area contributed by atoms with E-state index < -0.39 is 0 Å². The van der Waals surface area contributed by atoms with Gasteiger partial charge in [-0.2, -0.15) is 0 Å². The summed E-state index contributed by atoms with van der Waals surface area (Å²) in [6.07, 6.45) is 0. The average molecular weight is 233 g/mol. The molecule has 0 aromatic carbocycles. The zero-order valence-corrected chi connectivity index (χ0v) is 10.1. The molecule has 0 radical (unpaired) electrons. The molecule has 0 spiro atoms. The molecule has 2 N–H and O–H groups in total. The van der Waals surface area contributed by atoms with Crippen LogP contribution < -0.4 is 10.5 Å². The number of nitrogen functional groups attached to an aromatic ring is 1. The van der Waals surface area contributed by atoms with Crippen LogP contribution in [-0.2, 0) is 13.7 Å². The van der Waals surface area contributed by atoms with E-state index in [4.69, 9.17) is 10.5 Å². The summed E-state index contributed by atoms with van der Waals surface area (Å²) in [4.78, 5) is 4.12. The fourth-order valence-corrected chi connectivity index (χ4v) is 1.41. The minimum absolute atomic E-state index is 0.326. The Labute approximate surface area is 99.4 Å². The van der Waals surface area contributed by atoms with Crippen LogP contribution in [0.4, 0.5) is 5.82 Å². The first kappa shape index (κ1) is 11.4. The highest BCUT2D eigenvalue weighted by Crippen LogP contribution is 2.19. The summed E-state index contributed by atoms with van der Waals surface area (Å²) in [6, 6.07) is 3.66. The lowest BCUT2D eigenvalue weighted by molar-refractivity contribution is 0.291. The van der Waals surface area contributed by atoms with Gasteiger partial charge in [-0.25, -0.2) is 4.98 Å². The number of hydrogen-bond acceptors (Lipinski definition) is 5. The van der Waals surface area contributed by atoms with Gasteiger partial charge in [-0.3, -0.25) is 0 Å². The third kappa shape index (κ3) is 2.35. The normalized spacial score (nSPS) is 10.5. The third-order valence-corrected chi connectivity index (χ3v) is 2.56. The van der Waals surface area contributed by atoms with Crippen molar-refractivity contribution in [1.82, 2.24) is 19.7 Å². The number of aryl methyl sites for hydroxylation is 2. The predicted octanol–water partition coefficient (Wildman–Crippen LogP) is 0.988. The van der Waals surface area contributed by atoms with Crippen LogP contribution in [0.5, 0.6) is 5.75 Å². The van der Waals surface area contributed by atoms with Crippen molar-refractivity contribution < 1.29 is 4.74 Å². The SMILES string of the molecule is Cc1ccc(OCc2nnc(C)n2C)c(N)n1. The van der Waals surface area contributed by atoms with Crippen LogP contribution in [0.25, 0.3) is 0 Å². The standard InChI is InChI=1S/C11H15N5O/c1-7-4-5-9(11(12)13-7)17-6-10-15-14-8(2)16(10)3/h4-5H,6H2,1-3H3,(H2,12,13). The highest BCUT2D eigenvalue weighted by atomic mass is 16.5. The second kappa shape index (κ2) is 4.40. The molecule has 0 atom stereocenters. The van der Waals surface area contributed by atoms with Crippen LogP contribution in [0.15, 0.2) is 12.1 Å². The molecule has 0 amide bonds. The van der Waals surface area contributed by atoms with E-state index in [0.717, 1.165) is 17.3 Å². The van der Waals surface area contributed by atoms with Gasteiger partial charge in [0.2, 0.25) is 0 Å². The molecule has 6 heteroatoms. The molecule has 90 valence electrons. The van der Waals surface area contributed by atoms with E-state index in [1.807, 2.05) is 31.5 Å². The Kier molecular flexibility index (Phi) is 2.95. The van der Waals surface area contributed by atoms with Gasteiger partial charge >= 0.3 is 0 Å². The largest absolute Gasteiger partial charge is 0.482 e. The lowest BCUT2D eigenvalue weighted by atomic mass is 10.3. The average Bonchev–Trinajstić information content (AvgIpc) is 2.59. The van der Waals surface area contributed by atoms with Crippen molar-refractivity contribution in [2.75, 3.05) is 5.73 Å². The van der Waals surface area contributed by atoms with Gasteiger partial charge in [0, 0.05) is 12.7 Å². The number of nitrogens with zero attached hydrogens (tertiary/aromatic N) is 4. The second-order valence-electron chi connectivity index (χ2n) is 3.85. The number of hydrogen-bond donors (Lipinski definition) is 1. The number of aromatic nitrogens is 4. The monoisotopic (exact) mass is 233 g/mol. The molecule has 2 aromatic rings. The maximum absolute atomic E-state index is 5.75. The molecule has 2 heterocycles. The molecule has 0 saturated carbocycles. The molecule has 0 fully saturated rings. The molecular formula is C11H15N5O. The van der Waals surface area contributed by atoms with E-state index in [2.05, 4.69) is 15.2 Å². The van der Waals surface area contributed by atoms with E-state index in [-0.39, 0.29) is 0 Å². The van der Waals surface area contributed by atoms with Crippen molar-refractivity contribution in [3.63, 3.8) is 0 Å². The van der Waals surface area contributed by atoms with Crippen molar-refractivity contribution in [2.24, 2.45) is 7.05 Å². The first-order valence-corrected chi connectivity index (χ1v) is 5.28. The smallest absolute Gasteiger partial charge is 0.170 e. The topological polar surface area (TPSA) is 78.9 Å². The quantitative estimate of drug-likeness (QED) is 0.855. The summed E-state index contributed by atoms with van der Waals surface area (Å²) in [7, 11) is 1.89. The Morgan fingerprint density at radius 2 is 2.06 bits per heavy atom. The minimum atomic E-state index is 0.326. The van der Waals surface area contributed by atoms with Gasteiger partial charge in [0.25, 0.3) is 0 Å². The fourth-order valence-electron chi connectivity index (χ4n) is 1.41. The molecule has 0 unspecified atom stereocenters. The molecule has 0 aliphatic rings. The number of nitrogens with two attached hydrogens (primary N) is 1. The van der Waals surface area contributed by atoms with Gasteiger partial charge in [0.05, 0.1) is 0 Å². The third-order valence-electron chi connectivity index (χ3n) is 2.56. The number of rotatable bonds is 3. The molecule has 0 aliphatic heterocycles. The number of anilines is 1. The highest BCUT2D eigenvalue weighted by molar-refractivity contribution is 5.46. The van der Waals surface area contributed by atoms with Gasteiger partial charge in [0.15, 0.2) is 17.4 Å². The maximum Gasteiger partial charge on any atom is 0.170 e. The van der Waals surface area contributed by atoms with Crippen LogP contribution >= 0.6 is 0 Å². The lowest BCUT2D eigenvalue weighted by Gasteiger charge is -2.08. The summed E-state index contributed by atoms with van der Waals surface area (Å²) in [5.74, 6) is 2.56. The van der Waals surface area contributed by atoms with Crippen LogP contribution in [0, 0.1) is 13.8 Å². The molecular weight excluding hydrogens is 218 g/mol. The zero-order valence-electron chi connectivity index (χ0n) is 10.1. The Morgan fingerprint density at radius 1 is 1.29 bits per heavy atom. The van der Waals surface area contributed by atoms with E-state index in [0.29, 0.717) is 18.2 Å². The molecule has 6 nitrogen and oxygen atoms in total. The Balaban J connectivity index is 2.10. The summed E-state index contributed by atoms with van der Waals surface area (Å²) >= 11 is 0. The number of pyridine rings is 1.